The maximum Gasteiger partial charge on any atom is 0.234 e. The van der Waals surface area contributed by atoms with Crippen molar-refractivity contribution in [2.45, 2.75) is 38.8 Å². The van der Waals surface area contributed by atoms with E-state index >= 15 is 0 Å². The van der Waals surface area contributed by atoms with Crippen LogP contribution in [0.5, 0.6) is 0 Å². The third kappa shape index (κ3) is 4.92. The standard InChI is InChI=1S/C22H28N4O2S/c1-14-7-9-17(10-8-14)21(28)18-13-29-22(25-18)19-6-5-11-26(19)16(3)15(2)24-20(27)12-23-4/h7-10,13,15,19,23H,3,5-6,11-12H2,1-2,4H3,(H,24,27). The Labute approximate surface area is 176 Å². The maximum absolute atomic E-state index is 12.8. The lowest BCUT2D eigenvalue weighted by atomic mass is 10.1. The Kier molecular flexibility index (Phi) is 6.82. The van der Waals surface area contributed by atoms with Crippen molar-refractivity contribution in [1.82, 2.24) is 20.5 Å². The first-order valence-corrected chi connectivity index (χ1v) is 10.7. The van der Waals surface area contributed by atoms with Crippen LogP contribution in [-0.2, 0) is 4.79 Å². The van der Waals surface area contributed by atoms with E-state index in [0.717, 1.165) is 35.7 Å². The molecule has 0 aliphatic carbocycles. The van der Waals surface area contributed by atoms with E-state index in [1.54, 1.807) is 7.05 Å². The molecule has 7 heteroatoms. The van der Waals surface area contributed by atoms with E-state index in [2.05, 4.69) is 27.1 Å². The Morgan fingerprint density at radius 1 is 1.34 bits per heavy atom. The molecular weight excluding hydrogens is 384 g/mol. The predicted octanol–water partition coefficient (Wildman–Crippen LogP) is 3.06. The lowest BCUT2D eigenvalue weighted by molar-refractivity contribution is -0.120. The number of nitrogens with one attached hydrogen (secondary N) is 2. The lowest BCUT2D eigenvalue weighted by Crippen LogP contribution is -2.42. The second kappa shape index (κ2) is 9.33. The van der Waals surface area contributed by atoms with Crippen LogP contribution in [0.4, 0.5) is 0 Å². The number of nitrogens with zero attached hydrogens (tertiary/aromatic N) is 2. The van der Waals surface area contributed by atoms with Gasteiger partial charge < -0.3 is 15.5 Å². The summed E-state index contributed by atoms with van der Waals surface area (Å²) in [6.45, 7) is 9.31. The molecule has 0 spiro atoms. The molecule has 1 amide bonds. The van der Waals surface area contributed by atoms with Crippen LogP contribution in [-0.4, -0.2) is 47.8 Å². The number of likely N-dealkylation sites (tertiary alicyclic amines) is 1. The molecule has 6 nitrogen and oxygen atoms in total. The third-order valence-corrected chi connectivity index (χ3v) is 6.14. The van der Waals surface area contributed by atoms with Gasteiger partial charge in [-0.1, -0.05) is 36.4 Å². The number of aryl methyl sites for hydroxylation is 1. The summed E-state index contributed by atoms with van der Waals surface area (Å²) in [5.74, 6) is -0.110. The Morgan fingerprint density at radius 3 is 2.76 bits per heavy atom. The number of benzene rings is 1. The van der Waals surface area contributed by atoms with Crippen molar-refractivity contribution in [2.75, 3.05) is 20.1 Å². The number of likely N-dealkylation sites (N-methyl/N-ethyl adjacent to an activating group) is 1. The van der Waals surface area contributed by atoms with E-state index < -0.39 is 0 Å². The fraction of sp³-hybridized carbons (Fsp3) is 0.409. The van der Waals surface area contributed by atoms with Crippen LogP contribution in [0.25, 0.3) is 0 Å². The summed E-state index contributed by atoms with van der Waals surface area (Å²) in [7, 11) is 1.74. The first-order chi connectivity index (χ1) is 13.9. The second-order valence-corrected chi connectivity index (χ2v) is 8.32. The van der Waals surface area contributed by atoms with Gasteiger partial charge in [0.1, 0.15) is 10.7 Å². The Hall–Kier alpha value is -2.51. The largest absolute Gasteiger partial charge is 0.364 e. The highest BCUT2D eigenvalue weighted by atomic mass is 32.1. The summed E-state index contributed by atoms with van der Waals surface area (Å²) in [5.41, 5.74) is 3.14. The second-order valence-electron chi connectivity index (χ2n) is 7.43. The van der Waals surface area contributed by atoms with Gasteiger partial charge in [-0.2, -0.15) is 0 Å². The van der Waals surface area contributed by atoms with Gasteiger partial charge in [0.25, 0.3) is 0 Å². The van der Waals surface area contributed by atoms with Crippen molar-refractivity contribution < 1.29 is 9.59 Å². The molecule has 0 bridgehead atoms. The van der Waals surface area contributed by atoms with Crippen molar-refractivity contribution in [3.63, 3.8) is 0 Å². The van der Waals surface area contributed by atoms with E-state index in [1.165, 1.54) is 11.3 Å². The van der Waals surface area contributed by atoms with E-state index in [4.69, 9.17) is 0 Å². The lowest BCUT2D eigenvalue weighted by Gasteiger charge is -2.31. The minimum Gasteiger partial charge on any atom is -0.364 e. The number of thiazole rings is 1. The number of carbonyl (C=O) groups is 2. The fourth-order valence-electron chi connectivity index (χ4n) is 3.55. The molecule has 3 rings (SSSR count). The monoisotopic (exact) mass is 412 g/mol. The number of ketones is 1. The summed E-state index contributed by atoms with van der Waals surface area (Å²) in [6.07, 6.45) is 1.99. The number of hydrogen-bond donors (Lipinski definition) is 2. The maximum atomic E-state index is 12.8. The quantitative estimate of drug-likeness (QED) is 0.652. The zero-order chi connectivity index (χ0) is 21.0. The van der Waals surface area contributed by atoms with Crippen LogP contribution in [0.1, 0.15) is 52.4 Å². The van der Waals surface area contributed by atoms with Crippen LogP contribution in [0.15, 0.2) is 41.9 Å². The summed E-state index contributed by atoms with van der Waals surface area (Å²) >= 11 is 1.52. The van der Waals surface area contributed by atoms with E-state index in [1.807, 2.05) is 43.5 Å². The first kappa shape index (κ1) is 21.2. The summed E-state index contributed by atoms with van der Waals surface area (Å²) in [4.78, 5) is 31.5. The average Bonchev–Trinajstić information content (AvgIpc) is 3.37. The molecule has 154 valence electrons. The molecule has 2 aromatic rings. The average molecular weight is 413 g/mol. The van der Waals surface area contributed by atoms with Gasteiger partial charge in [0.15, 0.2) is 0 Å². The van der Waals surface area contributed by atoms with E-state index in [9.17, 15) is 9.59 Å². The molecule has 2 heterocycles. The molecule has 1 aliphatic heterocycles. The number of hydrogen-bond acceptors (Lipinski definition) is 6. The zero-order valence-electron chi connectivity index (χ0n) is 17.2. The molecule has 29 heavy (non-hydrogen) atoms. The number of aromatic nitrogens is 1. The predicted molar refractivity (Wildman–Crippen MR) is 116 cm³/mol. The minimum absolute atomic E-state index is 0.0522. The molecule has 2 atom stereocenters. The molecule has 1 aliphatic rings. The molecule has 0 saturated carbocycles. The highest BCUT2D eigenvalue weighted by Gasteiger charge is 2.31. The fourth-order valence-corrected chi connectivity index (χ4v) is 4.50. The number of carbonyl (C=O) groups excluding carboxylic acids is 2. The van der Waals surface area contributed by atoms with Crippen molar-refractivity contribution in [2.24, 2.45) is 0 Å². The number of amides is 1. The first-order valence-electron chi connectivity index (χ1n) is 9.87. The van der Waals surface area contributed by atoms with Crippen molar-refractivity contribution in [1.29, 1.82) is 0 Å². The summed E-state index contributed by atoms with van der Waals surface area (Å²) < 4.78 is 0. The SMILES string of the molecule is C=C(C(C)NC(=O)CNC)N1CCCC1c1nc(C(=O)c2ccc(C)cc2)cs1. The van der Waals surface area contributed by atoms with Gasteiger partial charge >= 0.3 is 0 Å². The number of rotatable bonds is 8. The highest BCUT2D eigenvalue weighted by molar-refractivity contribution is 7.10. The van der Waals surface area contributed by atoms with Gasteiger partial charge in [-0.25, -0.2) is 4.98 Å². The van der Waals surface area contributed by atoms with Gasteiger partial charge in [0.2, 0.25) is 11.7 Å². The molecule has 1 aromatic heterocycles. The van der Waals surface area contributed by atoms with Crippen molar-refractivity contribution in [3.8, 4) is 0 Å². The van der Waals surface area contributed by atoms with Crippen LogP contribution >= 0.6 is 11.3 Å². The van der Waals surface area contributed by atoms with Crippen LogP contribution in [0.3, 0.4) is 0 Å². The molecule has 2 unspecified atom stereocenters. The molecule has 2 N–H and O–H groups in total. The van der Waals surface area contributed by atoms with Crippen LogP contribution in [0, 0.1) is 6.92 Å². The third-order valence-electron chi connectivity index (χ3n) is 5.19. The molecule has 0 radical (unpaired) electrons. The zero-order valence-corrected chi connectivity index (χ0v) is 18.0. The molecule has 1 aromatic carbocycles. The van der Waals surface area contributed by atoms with E-state index in [-0.39, 0.29) is 30.3 Å². The highest BCUT2D eigenvalue weighted by Crippen LogP contribution is 2.37. The van der Waals surface area contributed by atoms with Gasteiger partial charge in [-0.3, -0.25) is 9.59 Å². The Balaban J connectivity index is 1.71. The topological polar surface area (TPSA) is 74.3 Å². The van der Waals surface area contributed by atoms with E-state index in [0.29, 0.717) is 11.3 Å². The molecular formula is C22H28N4O2S. The Morgan fingerprint density at radius 2 is 2.07 bits per heavy atom. The van der Waals surface area contributed by atoms with Crippen molar-refractivity contribution in [3.05, 3.63) is 63.7 Å². The Bertz CT molecular complexity index is 890. The normalized spacial score (nSPS) is 17.2. The van der Waals surface area contributed by atoms with Gasteiger partial charge in [-0.15, -0.1) is 11.3 Å². The van der Waals surface area contributed by atoms with Crippen LogP contribution < -0.4 is 10.6 Å². The van der Waals surface area contributed by atoms with Gasteiger partial charge in [0, 0.05) is 23.2 Å². The summed E-state index contributed by atoms with van der Waals surface area (Å²) in [6, 6.07) is 7.49. The van der Waals surface area contributed by atoms with Crippen LogP contribution in [0.2, 0.25) is 0 Å². The van der Waals surface area contributed by atoms with Gasteiger partial charge in [-0.05, 0) is 33.7 Å². The minimum atomic E-state index is -0.162. The van der Waals surface area contributed by atoms with Gasteiger partial charge in [0.05, 0.1) is 18.6 Å². The van der Waals surface area contributed by atoms with Crippen molar-refractivity contribution >= 4 is 23.0 Å². The summed E-state index contributed by atoms with van der Waals surface area (Å²) in [5, 5.41) is 8.58. The molecule has 1 fully saturated rings. The smallest absolute Gasteiger partial charge is 0.234 e. The molecule has 1 saturated heterocycles.